The first-order valence-electron chi connectivity index (χ1n) is 45.8. The molecule has 0 bridgehead atoms. The van der Waals surface area contributed by atoms with Crippen molar-refractivity contribution in [2.45, 2.75) is 424 Å². The lowest BCUT2D eigenvalue weighted by molar-refractivity contribution is -0.355. The summed E-state index contributed by atoms with van der Waals surface area (Å²) in [6.45, 7) is 19.2. The van der Waals surface area contributed by atoms with Crippen molar-refractivity contribution >= 4 is 11.9 Å². The zero-order valence-electron chi connectivity index (χ0n) is 72.5. The van der Waals surface area contributed by atoms with Gasteiger partial charge in [0.1, 0.15) is 74.3 Å². The van der Waals surface area contributed by atoms with Gasteiger partial charge in [-0.2, -0.15) is 0 Å². The van der Waals surface area contributed by atoms with Gasteiger partial charge in [-0.3, -0.25) is 0 Å². The molecule has 14 N–H and O–H groups in total. The van der Waals surface area contributed by atoms with Crippen LogP contribution in [0.15, 0.2) is 23.3 Å². The molecule has 0 aromatic carbocycles. The Morgan fingerprint density at radius 1 is 0.369 bits per heavy atom. The highest BCUT2D eigenvalue weighted by molar-refractivity contribution is 5.86. The number of aliphatic hydroxyl groups is 14. The van der Waals surface area contributed by atoms with Gasteiger partial charge < -0.3 is 152 Å². The average molecular weight is 1740 g/mol. The van der Waals surface area contributed by atoms with E-state index >= 15 is 0 Å². The molecular formula is C89H140O33. The van der Waals surface area contributed by atoms with Crippen LogP contribution in [0.5, 0.6) is 0 Å². The minimum absolute atomic E-state index is 0.0188. The molecule has 33 nitrogen and oxygen atoms in total. The number of cyclic esters (lactones) is 2. The highest BCUT2D eigenvalue weighted by atomic mass is 16.8. The predicted molar refractivity (Wildman–Crippen MR) is 423 cm³/mol. The minimum Gasteiger partial charge on any atom is -0.458 e. The first-order valence-corrected chi connectivity index (χ1v) is 45.8. The maximum atomic E-state index is 12.6. The van der Waals surface area contributed by atoms with Gasteiger partial charge in [0.2, 0.25) is 0 Å². The molecule has 17 aliphatic rings. The van der Waals surface area contributed by atoms with Crippen molar-refractivity contribution in [2.24, 2.45) is 69.0 Å². The standard InChI is InChI=1S/C47H74O19.C42H66O14/c1-20-41(64-36-16-30(50)42(21(2)60-36)65-37-17-31(51)43(22(3)61-37)66-44-40(56)39(55)38(54)32(18-48)63-44)29(49)15-35(59-20)62-25-8-10-45(4)24(13-25)6-7-27-28(45)14-33(52)46(5)26(9-11-47(27,46)57)23-12-34(53)58-19-23;1-20-37(49-6)29(43)16-35(51-20)55-39-22(3)53-36(18-31(39)45)56-38-21(2)52-34(17-30(38)44)54-25-9-11-40(4)24(14-25)7-8-27-28(40)15-32(46)41(5)26(10-12-42(27,41)48)23-13-33(47)50-19-23/h12,20-22,24-33,35-44,48-52,54-57H,6-11,13-19H2,1-5H3;13,20-22,24-32,34-39,43-46,48H,7-12,14-19H2,1-6H3/t20-,21-,22-,24-,25+,26-,27-,28+,29+,30+,31+,32-,33-,35+,36+,37+,38-,39+,40-,41-,42-,43-,44+,45+,46+,47+;20-,21-,22-,24-,25+,26-,27-,28+,29+,30+,31+,32-,34+,35+,36+,37-,38-,39-,40+,41+,42+/m11/s1. The zero-order valence-corrected chi connectivity index (χ0v) is 72.5. The normalized spacial score (nSPS) is 55.1. The van der Waals surface area contributed by atoms with E-state index < -0.39 is 213 Å². The number of carbonyl (C=O) groups excluding carboxylic acids is 2. The van der Waals surface area contributed by atoms with E-state index in [0.717, 1.165) is 88.2 Å². The number of fused-ring (bicyclic) bond motifs is 10. The summed E-state index contributed by atoms with van der Waals surface area (Å²) in [5, 5.41) is 156. The third kappa shape index (κ3) is 16.8. The fourth-order valence-electron chi connectivity index (χ4n) is 27.4. The summed E-state index contributed by atoms with van der Waals surface area (Å²) >= 11 is 0. The lowest BCUT2D eigenvalue weighted by atomic mass is 9.42. The monoisotopic (exact) mass is 1740 g/mol. The number of aliphatic hydroxyl groups excluding tert-OH is 12. The summed E-state index contributed by atoms with van der Waals surface area (Å²) in [4.78, 5) is 23.9. The molecule has 9 aliphatic heterocycles. The molecule has 0 radical (unpaired) electrons. The molecule has 7 saturated heterocycles. The summed E-state index contributed by atoms with van der Waals surface area (Å²) in [7, 11) is 1.53. The van der Waals surface area contributed by atoms with Gasteiger partial charge >= 0.3 is 11.9 Å². The van der Waals surface area contributed by atoms with Crippen LogP contribution in [0.4, 0.5) is 0 Å². The van der Waals surface area contributed by atoms with E-state index in [0.29, 0.717) is 37.5 Å². The Hall–Kier alpha value is -2.74. The van der Waals surface area contributed by atoms with Gasteiger partial charge in [-0.15, -0.1) is 0 Å². The number of hydrogen-bond donors (Lipinski definition) is 14. The summed E-state index contributed by atoms with van der Waals surface area (Å²) in [6, 6.07) is 0. The zero-order chi connectivity index (χ0) is 87.1. The van der Waals surface area contributed by atoms with Crippen LogP contribution in [0, 0.1) is 69.0 Å². The third-order valence-electron chi connectivity index (χ3n) is 34.2. The maximum absolute atomic E-state index is 12.6. The second-order valence-electron chi connectivity index (χ2n) is 40.6. The maximum Gasteiger partial charge on any atom is 0.331 e. The van der Waals surface area contributed by atoms with Crippen molar-refractivity contribution < 1.29 is 162 Å². The average Bonchev–Trinajstić information content (AvgIpc) is 1.47. The Labute approximate surface area is 714 Å². The molecule has 0 aromatic rings. The van der Waals surface area contributed by atoms with Crippen LogP contribution in [0.25, 0.3) is 0 Å². The molecule has 0 aromatic heterocycles. The van der Waals surface area contributed by atoms with Crippen LogP contribution in [-0.2, 0) is 90.1 Å². The van der Waals surface area contributed by atoms with Crippen LogP contribution in [0.2, 0.25) is 0 Å². The first kappa shape index (κ1) is 92.5. The molecule has 15 fully saturated rings. The second kappa shape index (κ2) is 36.1. The lowest BCUT2D eigenvalue weighted by Gasteiger charge is -2.65. The molecular weight excluding hydrogens is 1600 g/mol. The van der Waals surface area contributed by atoms with Crippen molar-refractivity contribution in [3.05, 3.63) is 23.3 Å². The number of methoxy groups -OCH3 is 1. The van der Waals surface area contributed by atoms with Crippen molar-refractivity contribution in [1.82, 2.24) is 0 Å². The Morgan fingerprint density at radius 2 is 0.697 bits per heavy atom. The predicted octanol–water partition coefficient (Wildman–Crippen LogP) is 2.91. The van der Waals surface area contributed by atoms with E-state index in [-0.39, 0.29) is 128 Å². The molecule has 694 valence electrons. The van der Waals surface area contributed by atoms with E-state index in [1.165, 1.54) is 7.11 Å². The molecule has 33 heteroatoms. The van der Waals surface area contributed by atoms with E-state index in [1.807, 2.05) is 34.6 Å². The molecule has 47 atom stereocenters. The lowest BCUT2D eigenvalue weighted by Crippen LogP contribution is -2.67. The van der Waals surface area contributed by atoms with Crippen LogP contribution in [-0.4, -0.2) is 324 Å². The van der Waals surface area contributed by atoms with Crippen molar-refractivity contribution in [3.63, 3.8) is 0 Å². The van der Waals surface area contributed by atoms with Crippen LogP contribution >= 0.6 is 0 Å². The van der Waals surface area contributed by atoms with E-state index in [4.69, 9.17) is 80.5 Å². The van der Waals surface area contributed by atoms with Crippen LogP contribution < -0.4 is 0 Å². The summed E-state index contributed by atoms with van der Waals surface area (Å²) in [5.41, 5.74) is -1.87. The molecule has 8 aliphatic carbocycles. The Kier molecular flexibility index (Phi) is 27.4. The molecule has 0 unspecified atom stereocenters. The number of esters is 2. The highest BCUT2D eigenvalue weighted by Crippen LogP contribution is 2.72. The molecule has 17 rings (SSSR count). The number of ether oxygens (including phenoxy) is 17. The van der Waals surface area contributed by atoms with E-state index in [1.54, 1.807) is 32.9 Å². The van der Waals surface area contributed by atoms with E-state index in [9.17, 15) is 81.1 Å². The molecule has 8 saturated carbocycles. The van der Waals surface area contributed by atoms with Crippen molar-refractivity contribution in [1.29, 1.82) is 0 Å². The third-order valence-corrected chi connectivity index (χ3v) is 34.2. The fraction of sp³-hybridized carbons (Fsp3) is 0.933. The topological polar surface area (TPSA) is 474 Å². The quantitative estimate of drug-likeness (QED) is 0.0693. The Balaban J connectivity index is 0.000000183. The highest BCUT2D eigenvalue weighted by Gasteiger charge is 2.73. The van der Waals surface area contributed by atoms with Gasteiger partial charge in [0.05, 0.1) is 115 Å². The number of hydrogen-bond acceptors (Lipinski definition) is 33. The first-order chi connectivity index (χ1) is 57.8. The van der Waals surface area contributed by atoms with Crippen LogP contribution in [0.1, 0.15) is 210 Å². The largest absolute Gasteiger partial charge is 0.458 e. The number of rotatable bonds is 18. The summed E-state index contributed by atoms with van der Waals surface area (Å²) in [6.07, 6.45) is -10.8. The SMILES string of the molecule is CO[C@H]1[C@@H](O)C[C@H](O[C@H]2[C@@H](O)C[C@H](O[C@H]3[C@@H](O)C[C@H](O[C@H]4CC[C@@]5(C)[C@H](CC[C@@H]6[C@@H]5C[C@@H](O)[C@]5(C)[C@@H](C7=CC(=O)OC7)CC[C@]65O)C4)O[C@@H]3C)O[C@@H]2C)O[C@@H]1C.C[C@H]1O[C@@H](O[C@H]2CC[C@@]3(C)[C@H](CC[C@@H]4[C@@H]3C[C@@H](O)[C@]3(C)[C@@H](C5=CC(=O)OC5)CC[C@]43O)C2)C[C@H](O)[C@@H]1O[C@H]1C[C@H](O)[C@H](O[C@H]2C[C@H](O)[C@H](O[C@@H]3O[C@H](CO)[C@@H](O)[C@H](O)[C@H]3O)[C@@H](C)O2)[C@@H](C)O1. The Morgan fingerprint density at radius 3 is 1.01 bits per heavy atom. The number of carbonyl (C=O) groups is 2. The van der Waals surface area contributed by atoms with Gasteiger partial charge in [-0.1, -0.05) is 27.7 Å². The van der Waals surface area contributed by atoms with E-state index in [2.05, 4.69) is 13.8 Å². The fourth-order valence-corrected chi connectivity index (χ4v) is 27.4. The van der Waals surface area contributed by atoms with Gasteiger partial charge in [0, 0.05) is 68.6 Å². The second-order valence-corrected chi connectivity index (χ2v) is 40.6. The molecule has 9 heterocycles. The van der Waals surface area contributed by atoms with Gasteiger partial charge in [0.25, 0.3) is 0 Å². The molecule has 0 amide bonds. The van der Waals surface area contributed by atoms with Crippen LogP contribution in [0.3, 0.4) is 0 Å². The summed E-state index contributed by atoms with van der Waals surface area (Å²) < 4.78 is 102. The molecule has 0 spiro atoms. The minimum atomic E-state index is -1.65. The van der Waals surface area contributed by atoms with Gasteiger partial charge in [-0.05, 0) is 214 Å². The van der Waals surface area contributed by atoms with Crippen molar-refractivity contribution in [3.8, 4) is 0 Å². The van der Waals surface area contributed by atoms with Gasteiger partial charge in [0.15, 0.2) is 44.0 Å². The summed E-state index contributed by atoms with van der Waals surface area (Å²) in [5.74, 6) is 0.306. The molecule has 122 heavy (non-hydrogen) atoms. The van der Waals surface area contributed by atoms with Gasteiger partial charge in [-0.25, -0.2) is 9.59 Å². The Bertz CT molecular complexity index is 3600. The van der Waals surface area contributed by atoms with Crippen molar-refractivity contribution in [2.75, 3.05) is 26.9 Å². The smallest absolute Gasteiger partial charge is 0.331 e.